The third-order valence-electron chi connectivity index (χ3n) is 6.33. The van der Waals surface area contributed by atoms with Crippen LogP contribution < -0.4 is 20.5 Å². The largest absolute Gasteiger partial charge is 0.493 e. The van der Waals surface area contributed by atoms with E-state index in [4.69, 9.17) is 20.2 Å². The number of hydrogen-bond donors (Lipinski definition) is 2. The molecule has 3 aromatic carbocycles. The van der Waals surface area contributed by atoms with Crippen LogP contribution in [0, 0.1) is 17.0 Å². The highest BCUT2D eigenvalue weighted by atomic mass is 32.1. The highest BCUT2D eigenvalue weighted by Gasteiger charge is 2.23. The lowest BCUT2D eigenvalue weighted by atomic mass is 9.99. The first kappa shape index (κ1) is 25.7. The molecule has 0 atom stereocenters. The van der Waals surface area contributed by atoms with Crippen molar-refractivity contribution >= 4 is 44.5 Å². The molecule has 0 saturated heterocycles. The van der Waals surface area contributed by atoms with E-state index in [1.165, 1.54) is 6.07 Å². The lowest BCUT2D eigenvalue weighted by molar-refractivity contribution is -0.385. The molecule has 196 valence electrons. The normalized spacial score (nSPS) is 10.8. The molecule has 0 spiro atoms. The van der Waals surface area contributed by atoms with Gasteiger partial charge in [0.25, 0.3) is 11.6 Å². The molecule has 2 heterocycles. The van der Waals surface area contributed by atoms with E-state index in [1.54, 1.807) is 33.3 Å². The number of nitrogen functional groups attached to an aromatic ring is 1. The number of nitro benzene ring substituents is 1. The van der Waals surface area contributed by atoms with Crippen LogP contribution in [0.4, 0.5) is 17.1 Å². The van der Waals surface area contributed by atoms with Crippen LogP contribution in [-0.2, 0) is 0 Å². The molecule has 0 aliphatic carbocycles. The van der Waals surface area contributed by atoms with Gasteiger partial charge in [0.15, 0.2) is 11.5 Å². The number of anilines is 2. The van der Waals surface area contributed by atoms with Gasteiger partial charge in [-0.3, -0.25) is 14.9 Å². The molecular weight excluding hydrogens is 516 g/mol. The van der Waals surface area contributed by atoms with Crippen molar-refractivity contribution < 1.29 is 19.2 Å². The number of nitro groups is 1. The summed E-state index contributed by atoms with van der Waals surface area (Å²) in [5, 5.41) is 14.7. The zero-order valence-electron chi connectivity index (χ0n) is 21.3. The maximum absolute atomic E-state index is 13.3. The molecule has 0 aliphatic rings. The average Bonchev–Trinajstić information content (AvgIpc) is 3.29. The molecule has 0 radical (unpaired) electrons. The van der Waals surface area contributed by atoms with Crippen LogP contribution in [0.25, 0.3) is 32.6 Å². The Labute approximate surface area is 228 Å². The number of amides is 1. The van der Waals surface area contributed by atoms with E-state index in [-0.39, 0.29) is 16.3 Å². The molecule has 0 unspecified atom stereocenters. The molecule has 2 aromatic heterocycles. The van der Waals surface area contributed by atoms with E-state index in [9.17, 15) is 14.9 Å². The summed E-state index contributed by atoms with van der Waals surface area (Å²) < 4.78 is 10.9. The second-order valence-corrected chi connectivity index (χ2v) is 9.73. The van der Waals surface area contributed by atoms with Gasteiger partial charge in [0.1, 0.15) is 9.71 Å². The van der Waals surface area contributed by atoms with Crippen LogP contribution in [0.1, 0.15) is 15.2 Å². The Bertz CT molecular complexity index is 1730. The van der Waals surface area contributed by atoms with Crippen LogP contribution in [0.15, 0.2) is 72.8 Å². The summed E-state index contributed by atoms with van der Waals surface area (Å²) in [5.41, 5.74) is 10.8. The number of aromatic nitrogens is 1. The van der Waals surface area contributed by atoms with Crippen LogP contribution in [0.2, 0.25) is 0 Å². The molecule has 0 bridgehead atoms. The van der Waals surface area contributed by atoms with Crippen molar-refractivity contribution in [1.82, 2.24) is 4.98 Å². The lowest BCUT2D eigenvalue weighted by Crippen LogP contribution is -2.12. The number of thiophene rings is 1. The molecule has 9 nitrogen and oxygen atoms in total. The summed E-state index contributed by atoms with van der Waals surface area (Å²) in [4.78, 5) is 29.9. The van der Waals surface area contributed by atoms with Gasteiger partial charge in [-0.05, 0) is 42.3 Å². The van der Waals surface area contributed by atoms with E-state index in [0.29, 0.717) is 33.0 Å². The molecule has 10 heteroatoms. The van der Waals surface area contributed by atoms with Crippen LogP contribution >= 0.6 is 11.3 Å². The maximum Gasteiger partial charge on any atom is 0.274 e. The first-order chi connectivity index (χ1) is 18.8. The third-order valence-corrected chi connectivity index (χ3v) is 7.43. The zero-order valence-corrected chi connectivity index (χ0v) is 22.2. The SMILES string of the molecule is COc1ccc(-c2cc(-c3ccccc3)nc3sc(C(=O)Nc4ccc(C)c([N+](=O)[O-])c4)c(N)c23)cc1OC. The summed E-state index contributed by atoms with van der Waals surface area (Å²) in [6.45, 7) is 1.64. The predicted octanol–water partition coefficient (Wildman–Crippen LogP) is 6.70. The van der Waals surface area contributed by atoms with Crippen molar-refractivity contribution in [3.8, 4) is 33.9 Å². The minimum absolute atomic E-state index is 0.0815. The van der Waals surface area contributed by atoms with Crippen molar-refractivity contribution in [2.75, 3.05) is 25.3 Å². The van der Waals surface area contributed by atoms with Gasteiger partial charge in [-0.1, -0.05) is 42.5 Å². The predicted molar refractivity (Wildman–Crippen MR) is 154 cm³/mol. The highest BCUT2D eigenvalue weighted by Crippen LogP contribution is 2.43. The fraction of sp³-hybridized carbons (Fsp3) is 0.103. The van der Waals surface area contributed by atoms with E-state index >= 15 is 0 Å². The Morgan fingerprint density at radius 1 is 0.974 bits per heavy atom. The second kappa shape index (κ2) is 10.4. The molecule has 39 heavy (non-hydrogen) atoms. The van der Waals surface area contributed by atoms with Gasteiger partial charge >= 0.3 is 0 Å². The fourth-order valence-corrected chi connectivity index (χ4v) is 5.36. The van der Waals surface area contributed by atoms with Crippen molar-refractivity contribution in [3.63, 3.8) is 0 Å². The smallest absolute Gasteiger partial charge is 0.274 e. The highest BCUT2D eigenvalue weighted by molar-refractivity contribution is 7.21. The Balaban J connectivity index is 1.66. The first-order valence-electron chi connectivity index (χ1n) is 11.9. The fourth-order valence-electron chi connectivity index (χ4n) is 4.35. The number of hydrogen-bond acceptors (Lipinski definition) is 8. The number of benzene rings is 3. The number of aryl methyl sites for hydroxylation is 1. The number of nitrogens with two attached hydrogens (primary N) is 1. The van der Waals surface area contributed by atoms with E-state index in [0.717, 1.165) is 33.7 Å². The zero-order chi connectivity index (χ0) is 27.7. The Morgan fingerprint density at radius 3 is 2.41 bits per heavy atom. The van der Waals surface area contributed by atoms with Crippen molar-refractivity contribution in [1.29, 1.82) is 0 Å². The second-order valence-electron chi connectivity index (χ2n) is 8.73. The third kappa shape index (κ3) is 4.85. The van der Waals surface area contributed by atoms with Crippen LogP contribution in [-0.4, -0.2) is 30.0 Å². The molecule has 0 aliphatic heterocycles. The van der Waals surface area contributed by atoms with Gasteiger partial charge in [0.05, 0.1) is 30.5 Å². The molecular formula is C29H24N4O5S. The Morgan fingerprint density at radius 2 is 1.72 bits per heavy atom. The van der Waals surface area contributed by atoms with Crippen LogP contribution in [0.3, 0.4) is 0 Å². The Hall–Kier alpha value is -4.96. The topological polar surface area (TPSA) is 130 Å². The number of carbonyl (C=O) groups excluding carboxylic acids is 1. The minimum atomic E-state index is -0.483. The quantitative estimate of drug-likeness (QED) is 0.174. The van der Waals surface area contributed by atoms with E-state index in [2.05, 4.69) is 5.32 Å². The number of fused-ring (bicyclic) bond motifs is 1. The molecule has 3 N–H and O–H groups in total. The van der Waals surface area contributed by atoms with Gasteiger partial charge in [-0.15, -0.1) is 11.3 Å². The average molecular weight is 541 g/mol. The summed E-state index contributed by atoms with van der Waals surface area (Å²) in [6.07, 6.45) is 0. The number of ether oxygens (including phenoxy) is 2. The van der Waals surface area contributed by atoms with E-state index in [1.807, 2.05) is 54.6 Å². The molecule has 5 rings (SSSR count). The standard InChI is InChI=1S/C29H24N4O5S/c1-16-9-11-19(14-22(16)33(35)36)31-28(34)27-26(30)25-20(18-10-12-23(37-2)24(13-18)38-3)15-21(32-29(25)39-27)17-7-5-4-6-8-17/h4-15H,30H2,1-3H3,(H,31,34). The van der Waals surface area contributed by atoms with Crippen molar-refractivity contribution in [2.45, 2.75) is 6.92 Å². The summed E-state index contributed by atoms with van der Waals surface area (Å²) in [5.74, 6) is 0.655. The van der Waals surface area contributed by atoms with Gasteiger partial charge in [-0.25, -0.2) is 4.98 Å². The number of methoxy groups -OCH3 is 2. The summed E-state index contributed by atoms with van der Waals surface area (Å²) in [6, 6.07) is 21.7. The number of carbonyl (C=O) groups is 1. The summed E-state index contributed by atoms with van der Waals surface area (Å²) in [7, 11) is 3.13. The Kier molecular flexibility index (Phi) is 6.86. The van der Waals surface area contributed by atoms with E-state index < -0.39 is 10.8 Å². The lowest BCUT2D eigenvalue weighted by Gasteiger charge is -2.12. The van der Waals surface area contributed by atoms with Gasteiger partial charge in [0, 0.05) is 28.3 Å². The monoisotopic (exact) mass is 540 g/mol. The molecule has 1 amide bonds. The number of nitrogens with zero attached hydrogens (tertiary/aromatic N) is 2. The van der Waals surface area contributed by atoms with Crippen molar-refractivity contribution in [3.05, 3.63) is 93.4 Å². The number of rotatable bonds is 7. The van der Waals surface area contributed by atoms with Gasteiger partial charge in [0.2, 0.25) is 0 Å². The maximum atomic E-state index is 13.3. The summed E-state index contributed by atoms with van der Waals surface area (Å²) >= 11 is 1.16. The minimum Gasteiger partial charge on any atom is -0.493 e. The van der Waals surface area contributed by atoms with Crippen LogP contribution in [0.5, 0.6) is 11.5 Å². The number of pyridine rings is 1. The molecule has 0 saturated carbocycles. The molecule has 5 aromatic rings. The number of nitrogens with one attached hydrogen (secondary N) is 1. The van der Waals surface area contributed by atoms with Gasteiger partial charge < -0.3 is 20.5 Å². The van der Waals surface area contributed by atoms with Gasteiger partial charge in [-0.2, -0.15) is 0 Å². The molecule has 0 fully saturated rings. The first-order valence-corrected chi connectivity index (χ1v) is 12.7. The van der Waals surface area contributed by atoms with Crippen molar-refractivity contribution in [2.24, 2.45) is 0 Å².